The van der Waals surface area contributed by atoms with E-state index in [1.54, 1.807) is 48.5 Å². The molecule has 38 heavy (non-hydrogen) atoms. The van der Waals surface area contributed by atoms with Crippen LogP contribution < -0.4 is 4.90 Å². The Morgan fingerprint density at radius 1 is 0.921 bits per heavy atom. The Labute approximate surface area is 222 Å². The van der Waals surface area contributed by atoms with E-state index in [0.29, 0.717) is 29.2 Å². The number of azo groups is 2. The van der Waals surface area contributed by atoms with Gasteiger partial charge in [0.1, 0.15) is 10.6 Å². The SMILES string of the molecule is CN(CCCC(=O)O)c1ccc(N=Nc2ccc(N=Nc3ccc(SOOO)cc3)cc2S(=O)(=O)O)cc1. The molecule has 0 amide bonds. The maximum Gasteiger partial charge on any atom is 0.303 e. The number of aliphatic carboxylic acids is 1. The van der Waals surface area contributed by atoms with Gasteiger partial charge in [-0.25, -0.2) is 5.26 Å². The number of carboxylic acids is 1. The highest BCUT2D eigenvalue weighted by atomic mass is 32.2. The molecule has 3 aromatic rings. The molecule has 0 aliphatic heterocycles. The van der Waals surface area contributed by atoms with Gasteiger partial charge in [-0.05, 0) is 73.2 Å². The molecule has 0 heterocycles. The maximum atomic E-state index is 12.0. The lowest BCUT2D eigenvalue weighted by Crippen LogP contribution is -2.19. The van der Waals surface area contributed by atoms with Crippen molar-refractivity contribution in [2.24, 2.45) is 20.5 Å². The van der Waals surface area contributed by atoms with Gasteiger partial charge in [0, 0.05) is 30.6 Å². The maximum absolute atomic E-state index is 12.0. The average molecular weight is 562 g/mol. The van der Waals surface area contributed by atoms with E-state index in [4.69, 9.17) is 10.4 Å². The Hall–Kier alpha value is -3.73. The van der Waals surface area contributed by atoms with Crippen LogP contribution >= 0.6 is 12.0 Å². The van der Waals surface area contributed by atoms with Gasteiger partial charge in [-0.3, -0.25) is 9.35 Å². The zero-order valence-corrected chi connectivity index (χ0v) is 21.5. The topological polar surface area (TPSA) is 183 Å². The van der Waals surface area contributed by atoms with Crippen LogP contribution in [0.5, 0.6) is 0 Å². The molecule has 13 nitrogen and oxygen atoms in total. The van der Waals surface area contributed by atoms with Crippen molar-refractivity contribution >= 4 is 56.6 Å². The fourth-order valence-electron chi connectivity index (χ4n) is 3.07. The number of benzene rings is 3. The van der Waals surface area contributed by atoms with Crippen molar-refractivity contribution in [2.45, 2.75) is 22.6 Å². The van der Waals surface area contributed by atoms with E-state index in [1.165, 1.54) is 12.1 Å². The highest BCUT2D eigenvalue weighted by Gasteiger charge is 2.17. The number of rotatable bonds is 13. The second-order valence-electron chi connectivity index (χ2n) is 7.68. The van der Waals surface area contributed by atoms with Crippen LogP contribution in [0.2, 0.25) is 0 Å². The first kappa shape index (κ1) is 28.8. The van der Waals surface area contributed by atoms with E-state index < -0.39 is 21.0 Å². The van der Waals surface area contributed by atoms with E-state index in [9.17, 15) is 17.8 Å². The lowest BCUT2D eigenvalue weighted by molar-refractivity contribution is -0.432. The fraction of sp³-hybridized carbons (Fsp3) is 0.174. The normalized spacial score (nSPS) is 11.9. The summed E-state index contributed by atoms with van der Waals surface area (Å²) >= 11 is 0.780. The summed E-state index contributed by atoms with van der Waals surface area (Å²) in [6.45, 7) is 0.563. The van der Waals surface area contributed by atoms with E-state index in [1.807, 2.05) is 11.9 Å². The standard InChI is InChI=1S/C23H23N5O8S2/c1-28(14-2-3-23(29)30)19-9-4-16(5-10-19)25-27-21-13-8-18(15-22(21)38(32,33)34)26-24-17-6-11-20(12-7-17)37-36-35-31/h4-13,15,31H,2-3,14H2,1H3,(H,29,30)(H,32,33,34). The van der Waals surface area contributed by atoms with Gasteiger partial charge in [-0.1, -0.05) is 5.04 Å². The Morgan fingerprint density at radius 2 is 1.50 bits per heavy atom. The molecule has 15 heteroatoms. The zero-order valence-electron chi connectivity index (χ0n) is 19.9. The number of hydrogen-bond acceptors (Lipinski definition) is 12. The minimum Gasteiger partial charge on any atom is -0.481 e. The third kappa shape index (κ3) is 8.98. The molecule has 0 radical (unpaired) electrons. The number of nitrogens with zero attached hydrogens (tertiary/aromatic N) is 5. The lowest BCUT2D eigenvalue weighted by Gasteiger charge is -2.18. The molecule has 200 valence electrons. The highest BCUT2D eigenvalue weighted by Crippen LogP contribution is 2.32. The highest BCUT2D eigenvalue weighted by molar-refractivity contribution is 7.94. The van der Waals surface area contributed by atoms with Crippen molar-refractivity contribution in [1.29, 1.82) is 0 Å². The van der Waals surface area contributed by atoms with Crippen molar-refractivity contribution in [1.82, 2.24) is 0 Å². The molecule has 0 saturated carbocycles. The minimum atomic E-state index is -4.64. The summed E-state index contributed by atoms with van der Waals surface area (Å²) in [5.41, 5.74) is 1.81. The van der Waals surface area contributed by atoms with E-state index in [-0.39, 0.29) is 17.8 Å². The average Bonchev–Trinajstić information content (AvgIpc) is 2.90. The quantitative estimate of drug-likeness (QED) is 0.0685. The molecule has 3 rings (SSSR count). The summed E-state index contributed by atoms with van der Waals surface area (Å²) in [6, 6.07) is 17.3. The van der Waals surface area contributed by atoms with Crippen LogP contribution in [0.1, 0.15) is 12.8 Å². The van der Waals surface area contributed by atoms with Crippen LogP contribution in [-0.2, 0) is 24.3 Å². The molecule has 0 atom stereocenters. The number of anilines is 1. The van der Waals surface area contributed by atoms with Crippen molar-refractivity contribution in [3.63, 3.8) is 0 Å². The third-order valence-electron chi connectivity index (χ3n) is 4.95. The number of carboxylic acid groups (broad SMARTS) is 1. The molecule has 0 aromatic heterocycles. The Kier molecular flexibility index (Phi) is 10.4. The van der Waals surface area contributed by atoms with Crippen LogP contribution in [0, 0.1) is 0 Å². The summed E-state index contributed by atoms with van der Waals surface area (Å²) in [5.74, 6) is -0.846. The van der Waals surface area contributed by atoms with Crippen LogP contribution in [0.15, 0.2) is 97.0 Å². The molecule has 3 aromatic carbocycles. The number of hydrogen-bond donors (Lipinski definition) is 3. The Morgan fingerprint density at radius 3 is 2.11 bits per heavy atom. The Bertz CT molecular complexity index is 1400. The van der Waals surface area contributed by atoms with Crippen molar-refractivity contribution < 1.29 is 37.5 Å². The molecule has 0 aliphatic carbocycles. The largest absolute Gasteiger partial charge is 0.481 e. The molecule has 0 spiro atoms. The van der Waals surface area contributed by atoms with Crippen LogP contribution in [0.4, 0.5) is 28.4 Å². The minimum absolute atomic E-state index is 0.0807. The van der Waals surface area contributed by atoms with Crippen LogP contribution in [0.3, 0.4) is 0 Å². The van der Waals surface area contributed by atoms with Gasteiger partial charge in [-0.2, -0.15) is 23.8 Å². The summed E-state index contributed by atoms with van der Waals surface area (Å²) in [7, 11) is -2.80. The summed E-state index contributed by atoms with van der Waals surface area (Å²) in [6.07, 6.45) is 0.584. The van der Waals surface area contributed by atoms with Gasteiger partial charge in [-0.15, -0.1) is 9.45 Å². The molecule has 0 bridgehead atoms. The predicted octanol–water partition coefficient (Wildman–Crippen LogP) is 6.49. The third-order valence-corrected chi connectivity index (χ3v) is 6.42. The predicted molar refractivity (Wildman–Crippen MR) is 138 cm³/mol. The van der Waals surface area contributed by atoms with Gasteiger partial charge in [0.05, 0.1) is 29.1 Å². The van der Waals surface area contributed by atoms with Crippen LogP contribution in [-0.4, -0.2) is 42.9 Å². The molecule has 0 aliphatic rings. The van der Waals surface area contributed by atoms with Gasteiger partial charge in [0.25, 0.3) is 10.1 Å². The molecule has 0 unspecified atom stereocenters. The fourth-order valence-corrected chi connectivity index (χ4v) is 4.07. The zero-order chi connectivity index (χ0) is 27.5. The summed E-state index contributed by atoms with van der Waals surface area (Å²) < 4.78 is 37.9. The Balaban J connectivity index is 1.72. The van der Waals surface area contributed by atoms with E-state index >= 15 is 0 Å². The molecule has 0 fully saturated rings. The van der Waals surface area contributed by atoms with Gasteiger partial charge in [0.15, 0.2) is 0 Å². The first-order valence-electron chi connectivity index (χ1n) is 10.9. The van der Waals surface area contributed by atoms with E-state index in [2.05, 4.69) is 29.8 Å². The summed E-state index contributed by atoms with van der Waals surface area (Å²) in [5, 5.41) is 36.5. The van der Waals surface area contributed by atoms with Crippen molar-refractivity contribution in [3.05, 3.63) is 66.7 Å². The first-order chi connectivity index (χ1) is 18.2. The first-order valence-corrected chi connectivity index (χ1v) is 13.1. The number of carbonyl (C=O) groups is 1. The lowest BCUT2D eigenvalue weighted by atomic mass is 10.2. The molecular formula is C23H23N5O8S2. The second-order valence-corrected chi connectivity index (χ2v) is 9.85. The van der Waals surface area contributed by atoms with E-state index in [0.717, 1.165) is 23.8 Å². The monoisotopic (exact) mass is 561 g/mol. The molecule has 0 saturated heterocycles. The van der Waals surface area contributed by atoms with Gasteiger partial charge < -0.3 is 10.0 Å². The molecular weight excluding hydrogens is 538 g/mol. The second kappa shape index (κ2) is 13.7. The van der Waals surface area contributed by atoms with Gasteiger partial charge in [0.2, 0.25) is 0 Å². The van der Waals surface area contributed by atoms with Gasteiger partial charge >= 0.3 is 5.97 Å². The van der Waals surface area contributed by atoms with Crippen LogP contribution in [0.25, 0.3) is 0 Å². The summed E-state index contributed by atoms with van der Waals surface area (Å²) in [4.78, 5) is 12.7. The van der Waals surface area contributed by atoms with Crippen molar-refractivity contribution in [2.75, 3.05) is 18.5 Å². The van der Waals surface area contributed by atoms with Crippen molar-refractivity contribution in [3.8, 4) is 0 Å². The smallest absolute Gasteiger partial charge is 0.303 e. The molecule has 3 N–H and O–H groups in total.